The van der Waals surface area contributed by atoms with Crippen LogP contribution in [0.5, 0.6) is 0 Å². The molecule has 3 unspecified atom stereocenters. The van der Waals surface area contributed by atoms with Gasteiger partial charge < -0.3 is 30.3 Å². The molecule has 5 rings (SSSR count). The van der Waals surface area contributed by atoms with E-state index in [4.69, 9.17) is 36.4 Å². The highest BCUT2D eigenvalue weighted by Crippen LogP contribution is 2.55. The highest BCUT2D eigenvalue weighted by Gasteiger charge is 2.68. The Kier molecular flexibility index (Phi) is 4.30. The molecule has 14 heteroatoms. The molecule has 12 nitrogen and oxygen atoms in total. The van der Waals surface area contributed by atoms with Crippen molar-refractivity contribution in [2.45, 2.75) is 43.0 Å². The van der Waals surface area contributed by atoms with E-state index in [0.717, 1.165) is 0 Å². The van der Waals surface area contributed by atoms with Gasteiger partial charge in [0.1, 0.15) is 23.3 Å². The quantitative estimate of drug-likeness (QED) is 0.397. The summed E-state index contributed by atoms with van der Waals surface area (Å²) in [6.07, 6.45) is -0.967. The van der Waals surface area contributed by atoms with Gasteiger partial charge in [0.25, 0.3) is 0 Å². The zero-order valence-corrected chi connectivity index (χ0v) is 16.3. The summed E-state index contributed by atoms with van der Waals surface area (Å²) in [7, 11) is -2.30. The second-order valence-electron chi connectivity index (χ2n) is 7.09. The molecule has 2 aromatic rings. The molecular weight excluding hydrogens is 429 g/mol. The molecule has 2 aromatic heterocycles. The van der Waals surface area contributed by atoms with Gasteiger partial charge in [0, 0.05) is 6.42 Å². The Morgan fingerprint density at radius 1 is 1.55 bits per heavy atom. The summed E-state index contributed by atoms with van der Waals surface area (Å²) >= 11 is 5.90. The monoisotopic (exact) mass is 443 g/mol. The van der Waals surface area contributed by atoms with E-state index in [0.29, 0.717) is 22.9 Å². The fourth-order valence-electron chi connectivity index (χ4n) is 3.92. The van der Waals surface area contributed by atoms with Crippen LogP contribution >= 0.6 is 19.6 Å². The van der Waals surface area contributed by atoms with Crippen LogP contribution in [-0.2, 0) is 18.8 Å². The van der Waals surface area contributed by atoms with Crippen LogP contribution in [0, 0.1) is 0 Å². The lowest BCUT2D eigenvalue weighted by molar-refractivity contribution is -0.175. The van der Waals surface area contributed by atoms with Gasteiger partial charge in [-0.3, -0.25) is 4.57 Å². The van der Waals surface area contributed by atoms with Gasteiger partial charge >= 0.3 is 5.97 Å². The van der Waals surface area contributed by atoms with Gasteiger partial charge in [-0.1, -0.05) is 0 Å². The van der Waals surface area contributed by atoms with Crippen molar-refractivity contribution >= 4 is 47.8 Å². The number of nitrogens with zero attached hydrogens (tertiary/aromatic N) is 4. The van der Waals surface area contributed by atoms with Gasteiger partial charge in [-0.2, -0.15) is 14.5 Å². The zero-order valence-electron chi connectivity index (χ0n) is 14.6. The normalized spacial score (nSPS) is 34.7. The number of ether oxygens (including phenoxy) is 2. The Balaban J connectivity index is 1.44. The van der Waals surface area contributed by atoms with Gasteiger partial charge in [-0.05, 0) is 11.6 Å². The Hall–Kier alpha value is -1.92. The number of fused-ring (bicyclic) bond motifs is 3. The number of imidazole rings is 1. The van der Waals surface area contributed by atoms with Crippen molar-refractivity contribution < 1.29 is 33.9 Å². The third-order valence-electron chi connectivity index (χ3n) is 5.28. The Morgan fingerprint density at radius 2 is 2.34 bits per heavy atom. The number of halogens is 1. The van der Waals surface area contributed by atoms with Crippen molar-refractivity contribution in [3.05, 3.63) is 11.6 Å². The number of carboxylic acids is 1. The molecule has 3 aliphatic rings. The second-order valence-corrected chi connectivity index (χ2v) is 8.74. The average Bonchev–Trinajstić information content (AvgIpc) is 3.13. The molecule has 3 fully saturated rings. The standard InChI is InChI=1S/C15H15ClN5O7P/c16-14-19-11(17)8-12(20-14)21(4-18-8)13-10-9(24)5(27-13)1-15(28-10)2-6(15)29(25)26-3-7(22)23/h4-5,9-10,13,24H,1-3H2,(H,22,23)(H2,17,19,20)/t5-,9?,10-,13-,15?/m1/s1. The Morgan fingerprint density at radius 3 is 3.10 bits per heavy atom. The van der Waals surface area contributed by atoms with Crippen LogP contribution < -0.4 is 10.6 Å². The molecule has 0 radical (unpaired) electrons. The van der Waals surface area contributed by atoms with Crippen molar-refractivity contribution in [3.63, 3.8) is 0 Å². The Labute approximate surface area is 168 Å². The number of rotatable bonds is 4. The molecule has 29 heavy (non-hydrogen) atoms. The number of carbonyl (C=O) groups is 1. The number of nitrogens with two attached hydrogens (primary N) is 1. The smallest absolute Gasteiger partial charge is 0.334 e. The first-order valence-corrected chi connectivity index (χ1v) is 10.2. The molecule has 4 heterocycles. The van der Waals surface area contributed by atoms with Crippen LogP contribution in [0.2, 0.25) is 5.28 Å². The minimum absolute atomic E-state index is 0.0546. The van der Waals surface area contributed by atoms with Crippen LogP contribution in [0.25, 0.3) is 11.2 Å². The summed E-state index contributed by atoms with van der Waals surface area (Å²) in [4.78, 5) is 35.1. The van der Waals surface area contributed by atoms with Crippen molar-refractivity contribution in [3.8, 4) is 0 Å². The molecule has 0 amide bonds. The molecule has 1 saturated carbocycles. The summed E-state index contributed by atoms with van der Waals surface area (Å²) in [5, 5.41) is 19.7. The summed E-state index contributed by atoms with van der Waals surface area (Å²) < 4.78 is 18.5. The molecule has 1 aliphatic carbocycles. The van der Waals surface area contributed by atoms with Crippen LogP contribution in [0.3, 0.4) is 0 Å². The van der Waals surface area contributed by atoms with E-state index >= 15 is 0 Å². The van der Waals surface area contributed by atoms with E-state index in [9.17, 15) is 14.8 Å². The largest absolute Gasteiger partial charge is 0.603 e. The number of carboxylic acid groups (broad SMARTS) is 1. The van der Waals surface area contributed by atoms with E-state index in [1.807, 2.05) is 0 Å². The summed E-state index contributed by atoms with van der Waals surface area (Å²) in [6.45, 7) is -0.660. The minimum atomic E-state index is -2.30. The molecule has 1 spiro atoms. The highest BCUT2D eigenvalue weighted by atomic mass is 35.5. The van der Waals surface area contributed by atoms with E-state index in [1.165, 1.54) is 6.33 Å². The SMILES string of the molecule is Nc1nc(Cl)nc2c1ncn2[C@@H]1O[C@@H]2CC3(C/C3=[P+](\[O-])OCC(=O)O)O[C@@H]1C2O. The summed E-state index contributed by atoms with van der Waals surface area (Å²) in [5.74, 6) is -1.10. The number of hydrogen-bond acceptors (Lipinski definition) is 10. The number of aliphatic hydroxyl groups is 1. The molecule has 6 atom stereocenters. The van der Waals surface area contributed by atoms with Crippen molar-refractivity contribution in [2.75, 3.05) is 12.3 Å². The van der Waals surface area contributed by atoms with Crippen molar-refractivity contribution in [2.24, 2.45) is 0 Å². The lowest BCUT2D eigenvalue weighted by atomic mass is 9.98. The maximum Gasteiger partial charge on any atom is 0.334 e. The average molecular weight is 444 g/mol. The Bertz CT molecular complexity index is 1060. The van der Waals surface area contributed by atoms with E-state index in [1.54, 1.807) is 4.57 Å². The van der Waals surface area contributed by atoms with E-state index in [2.05, 4.69) is 15.0 Å². The number of aliphatic hydroxyl groups excluding tert-OH is 1. The predicted molar refractivity (Wildman–Crippen MR) is 97.0 cm³/mol. The maximum absolute atomic E-state index is 12.2. The third kappa shape index (κ3) is 2.99. The molecule has 4 N–H and O–H groups in total. The van der Waals surface area contributed by atoms with E-state index < -0.39 is 50.7 Å². The van der Waals surface area contributed by atoms with E-state index in [-0.39, 0.29) is 17.5 Å². The topological polar surface area (TPSA) is 178 Å². The van der Waals surface area contributed by atoms with Gasteiger partial charge in [-0.15, -0.1) is 0 Å². The summed E-state index contributed by atoms with van der Waals surface area (Å²) in [5.41, 5.74) is 5.64. The fraction of sp³-hybridized carbons (Fsp3) is 0.533. The lowest BCUT2D eigenvalue weighted by Crippen LogP contribution is -2.45. The van der Waals surface area contributed by atoms with Crippen LogP contribution in [0.1, 0.15) is 19.1 Å². The second kappa shape index (κ2) is 6.54. The summed E-state index contributed by atoms with van der Waals surface area (Å²) in [6, 6.07) is 0. The fourth-order valence-corrected chi connectivity index (χ4v) is 5.33. The molecule has 154 valence electrons. The number of hydrogen-bond donors (Lipinski definition) is 3. The van der Waals surface area contributed by atoms with Crippen molar-refractivity contribution in [1.82, 2.24) is 19.5 Å². The van der Waals surface area contributed by atoms with Crippen molar-refractivity contribution in [1.29, 1.82) is 0 Å². The van der Waals surface area contributed by atoms with Crippen LogP contribution in [-0.4, -0.2) is 71.5 Å². The first kappa shape index (κ1) is 19.1. The maximum atomic E-state index is 12.2. The third-order valence-corrected chi connectivity index (χ3v) is 6.82. The lowest BCUT2D eigenvalue weighted by Gasteiger charge is -2.30. The highest BCUT2D eigenvalue weighted by molar-refractivity contribution is 7.48. The van der Waals surface area contributed by atoms with Gasteiger partial charge in [0.2, 0.25) is 13.3 Å². The van der Waals surface area contributed by atoms with Gasteiger partial charge in [-0.25, -0.2) is 9.78 Å². The molecule has 2 saturated heterocycles. The molecule has 2 aliphatic heterocycles. The minimum Gasteiger partial charge on any atom is -0.603 e. The number of aliphatic carboxylic acids is 1. The first-order valence-electron chi connectivity index (χ1n) is 8.64. The number of aromatic nitrogens is 4. The zero-order chi connectivity index (χ0) is 20.5. The number of anilines is 1. The van der Waals surface area contributed by atoms with Crippen LogP contribution in [0.15, 0.2) is 6.33 Å². The predicted octanol–water partition coefficient (Wildman–Crippen LogP) is -0.803. The van der Waals surface area contributed by atoms with Gasteiger partial charge in [0.15, 0.2) is 29.6 Å². The molecule has 0 aromatic carbocycles. The van der Waals surface area contributed by atoms with Crippen LogP contribution in [0.4, 0.5) is 5.82 Å². The molecule has 2 bridgehead atoms. The number of nitrogen functional groups attached to an aromatic ring is 1. The first-order chi connectivity index (χ1) is 13.8. The van der Waals surface area contributed by atoms with Gasteiger partial charge in [0.05, 0.1) is 18.9 Å². The molecular formula is C15H15ClN5O7P.